The molecule has 1 atom stereocenters. The normalized spacial score (nSPS) is 17.0. The van der Waals surface area contributed by atoms with Crippen molar-refractivity contribution in [3.05, 3.63) is 59.4 Å². The van der Waals surface area contributed by atoms with Crippen molar-refractivity contribution in [2.24, 2.45) is 0 Å². The number of sulfonamides is 1. The van der Waals surface area contributed by atoms with Gasteiger partial charge >= 0.3 is 11.8 Å². The SMILES string of the molecule is Cc1ccc(NC(=O)C(=O)NCC[C@@H]2CCCCN2S(=O)(=O)c2ccc(F)c(C)c2)cc1. The third-order valence-electron chi connectivity index (χ3n) is 5.59. The highest BCUT2D eigenvalue weighted by Crippen LogP contribution is 2.27. The highest BCUT2D eigenvalue weighted by atomic mass is 32.2. The largest absolute Gasteiger partial charge is 0.348 e. The Bertz CT molecular complexity index is 1090. The molecule has 1 saturated heterocycles. The number of amides is 2. The smallest absolute Gasteiger partial charge is 0.313 e. The average Bonchev–Trinajstić information content (AvgIpc) is 2.77. The molecule has 0 saturated carbocycles. The van der Waals surface area contributed by atoms with Gasteiger partial charge in [0.15, 0.2) is 0 Å². The first-order valence-corrected chi connectivity index (χ1v) is 12.1. The fraction of sp³-hybridized carbons (Fsp3) is 0.391. The minimum absolute atomic E-state index is 0.0600. The standard InChI is InChI=1S/C23H28FN3O4S/c1-16-6-8-18(9-7-16)26-23(29)22(28)25-13-12-19-5-3-4-14-27(19)32(30,31)20-10-11-21(24)17(2)15-20/h6-11,15,19H,3-5,12-14H2,1-2H3,(H,25,28)(H,26,29)/t19-/m0/s1. The number of carbonyl (C=O) groups is 2. The Morgan fingerprint density at radius 2 is 1.78 bits per heavy atom. The van der Waals surface area contributed by atoms with Crippen molar-refractivity contribution in [1.82, 2.24) is 9.62 Å². The number of nitrogens with one attached hydrogen (secondary N) is 2. The summed E-state index contributed by atoms with van der Waals surface area (Å²) in [6.45, 7) is 3.98. The van der Waals surface area contributed by atoms with Gasteiger partial charge in [-0.2, -0.15) is 4.31 Å². The Kier molecular flexibility index (Phi) is 7.63. The first-order chi connectivity index (χ1) is 15.2. The van der Waals surface area contributed by atoms with Gasteiger partial charge < -0.3 is 10.6 Å². The third-order valence-corrected chi connectivity index (χ3v) is 7.54. The topological polar surface area (TPSA) is 95.6 Å². The molecule has 9 heteroatoms. The van der Waals surface area contributed by atoms with E-state index in [2.05, 4.69) is 10.6 Å². The molecule has 2 amide bonds. The number of hydrogen-bond acceptors (Lipinski definition) is 4. The van der Waals surface area contributed by atoms with Crippen molar-refractivity contribution in [2.75, 3.05) is 18.4 Å². The lowest BCUT2D eigenvalue weighted by atomic mass is 10.0. The number of rotatable bonds is 6. The molecule has 2 aromatic carbocycles. The van der Waals surface area contributed by atoms with Crippen LogP contribution in [0.5, 0.6) is 0 Å². The van der Waals surface area contributed by atoms with E-state index in [1.807, 2.05) is 19.1 Å². The molecule has 2 N–H and O–H groups in total. The summed E-state index contributed by atoms with van der Waals surface area (Å²) >= 11 is 0. The monoisotopic (exact) mass is 461 g/mol. The van der Waals surface area contributed by atoms with Crippen LogP contribution in [0.3, 0.4) is 0 Å². The molecule has 1 aliphatic heterocycles. The Balaban J connectivity index is 1.59. The van der Waals surface area contributed by atoms with E-state index in [0.29, 0.717) is 25.1 Å². The molecular weight excluding hydrogens is 433 g/mol. The van der Waals surface area contributed by atoms with Crippen molar-refractivity contribution in [3.8, 4) is 0 Å². The molecule has 1 heterocycles. The van der Waals surface area contributed by atoms with Crippen LogP contribution in [0.4, 0.5) is 10.1 Å². The second-order valence-corrected chi connectivity index (χ2v) is 9.93. The number of benzene rings is 2. The molecular formula is C23H28FN3O4S. The molecule has 2 aromatic rings. The van der Waals surface area contributed by atoms with E-state index in [1.54, 1.807) is 12.1 Å². The molecule has 1 aliphatic rings. The minimum atomic E-state index is -3.79. The van der Waals surface area contributed by atoms with Gasteiger partial charge in [0.2, 0.25) is 10.0 Å². The van der Waals surface area contributed by atoms with Gasteiger partial charge in [-0.1, -0.05) is 24.1 Å². The van der Waals surface area contributed by atoms with Crippen LogP contribution < -0.4 is 10.6 Å². The van der Waals surface area contributed by atoms with E-state index < -0.39 is 27.7 Å². The fourth-order valence-corrected chi connectivity index (χ4v) is 5.56. The zero-order chi connectivity index (χ0) is 23.3. The van der Waals surface area contributed by atoms with Gasteiger partial charge in [-0.3, -0.25) is 9.59 Å². The zero-order valence-corrected chi connectivity index (χ0v) is 19.0. The van der Waals surface area contributed by atoms with Gasteiger partial charge in [0.25, 0.3) is 0 Å². The van der Waals surface area contributed by atoms with Crippen LogP contribution in [0, 0.1) is 19.7 Å². The Hall–Kier alpha value is -2.78. The predicted octanol–water partition coefficient (Wildman–Crippen LogP) is 3.13. The Labute approximate surface area is 188 Å². The summed E-state index contributed by atoms with van der Waals surface area (Å²) in [6, 6.07) is 10.6. The lowest BCUT2D eigenvalue weighted by Gasteiger charge is -2.34. The maximum absolute atomic E-state index is 13.6. The number of carbonyl (C=O) groups excluding carboxylic acids is 2. The van der Waals surface area contributed by atoms with Gasteiger partial charge in [0, 0.05) is 24.8 Å². The number of aryl methyl sites for hydroxylation is 2. The van der Waals surface area contributed by atoms with Crippen LogP contribution >= 0.6 is 0 Å². The lowest BCUT2D eigenvalue weighted by molar-refractivity contribution is -0.136. The van der Waals surface area contributed by atoms with Crippen LogP contribution in [0.1, 0.15) is 36.8 Å². The van der Waals surface area contributed by atoms with Gasteiger partial charge in [-0.15, -0.1) is 0 Å². The van der Waals surface area contributed by atoms with E-state index in [0.717, 1.165) is 24.5 Å². The molecule has 1 fully saturated rings. The summed E-state index contributed by atoms with van der Waals surface area (Å²) < 4.78 is 41.3. The summed E-state index contributed by atoms with van der Waals surface area (Å²) in [6.07, 6.45) is 2.65. The van der Waals surface area contributed by atoms with E-state index >= 15 is 0 Å². The van der Waals surface area contributed by atoms with Crippen molar-refractivity contribution >= 4 is 27.5 Å². The molecule has 3 rings (SSSR count). The maximum atomic E-state index is 13.6. The van der Waals surface area contributed by atoms with Gasteiger partial charge in [0.05, 0.1) is 4.90 Å². The third kappa shape index (κ3) is 5.72. The minimum Gasteiger partial charge on any atom is -0.348 e. The van der Waals surface area contributed by atoms with Crippen LogP contribution in [-0.4, -0.2) is 43.7 Å². The van der Waals surface area contributed by atoms with Crippen LogP contribution in [0.25, 0.3) is 0 Å². The van der Waals surface area contributed by atoms with Crippen molar-refractivity contribution in [1.29, 1.82) is 0 Å². The first kappa shape index (κ1) is 23.9. The summed E-state index contributed by atoms with van der Waals surface area (Å²) in [5.41, 5.74) is 1.83. The van der Waals surface area contributed by atoms with E-state index in [1.165, 1.54) is 23.4 Å². The maximum Gasteiger partial charge on any atom is 0.313 e. The van der Waals surface area contributed by atoms with Crippen LogP contribution in [0.2, 0.25) is 0 Å². The number of piperidine rings is 1. The Morgan fingerprint density at radius 3 is 2.47 bits per heavy atom. The second-order valence-electron chi connectivity index (χ2n) is 8.04. The summed E-state index contributed by atoms with van der Waals surface area (Å²) in [4.78, 5) is 24.3. The molecule has 0 aromatic heterocycles. The second kappa shape index (κ2) is 10.2. The van der Waals surface area contributed by atoms with E-state index in [4.69, 9.17) is 0 Å². The Morgan fingerprint density at radius 1 is 1.06 bits per heavy atom. The van der Waals surface area contributed by atoms with Gasteiger partial charge in [0.1, 0.15) is 5.82 Å². The van der Waals surface area contributed by atoms with E-state index in [-0.39, 0.29) is 23.0 Å². The molecule has 172 valence electrons. The van der Waals surface area contributed by atoms with Crippen molar-refractivity contribution in [2.45, 2.75) is 50.5 Å². The summed E-state index contributed by atoms with van der Waals surface area (Å²) in [7, 11) is -3.79. The van der Waals surface area contributed by atoms with Gasteiger partial charge in [-0.25, -0.2) is 12.8 Å². The molecule has 0 aliphatic carbocycles. The molecule has 7 nitrogen and oxygen atoms in total. The van der Waals surface area contributed by atoms with E-state index in [9.17, 15) is 22.4 Å². The molecule has 0 spiro atoms. The number of nitrogens with zero attached hydrogens (tertiary/aromatic N) is 1. The average molecular weight is 462 g/mol. The predicted molar refractivity (Wildman–Crippen MR) is 120 cm³/mol. The van der Waals surface area contributed by atoms with Crippen molar-refractivity contribution in [3.63, 3.8) is 0 Å². The lowest BCUT2D eigenvalue weighted by Crippen LogP contribution is -2.45. The van der Waals surface area contributed by atoms with Crippen molar-refractivity contribution < 1.29 is 22.4 Å². The molecule has 0 bridgehead atoms. The highest BCUT2D eigenvalue weighted by molar-refractivity contribution is 7.89. The molecule has 32 heavy (non-hydrogen) atoms. The summed E-state index contributed by atoms with van der Waals surface area (Å²) in [5.74, 6) is -2.00. The number of halogens is 1. The van der Waals surface area contributed by atoms with Crippen LogP contribution in [0.15, 0.2) is 47.4 Å². The number of anilines is 1. The quantitative estimate of drug-likeness (QED) is 0.646. The van der Waals surface area contributed by atoms with Crippen LogP contribution in [-0.2, 0) is 19.6 Å². The summed E-state index contributed by atoms with van der Waals surface area (Å²) in [5, 5.41) is 5.10. The zero-order valence-electron chi connectivity index (χ0n) is 18.2. The first-order valence-electron chi connectivity index (χ1n) is 10.6. The molecule has 0 radical (unpaired) electrons. The number of hydrogen-bond donors (Lipinski definition) is 2. The highest BCUT2D eigenvalue weighted by Gasteiger charge is 2.33. The van der Waals surface area contributed by atoms with Gasteiger partial charge in [-0.05, 0) is 69.0 Å². The fourth-order valence-electron chi connectivity index (χ4n) is 3.75. The molecule has 0 unspecified atom stereocenters.